The molecule has 7 nitrogen and oxygen atoms in total. The molecule has 1 aliphatic heterocycles. The summed E-state index contributed by atoms with van der Waals surface area (Å²) in [6.45, 7) is 1.45. The SMILES string of the molecule is CN(C(=O)[C@@H]1CCCN1Cc1nnn(C)n1)c1ccccc1. The van der Waals surface area contributed by atoms with Gasteiger partial charge in [0.05, 0.1) is 19.6 Å². The van der Waals surface area contributed by atoms with Crippen molar-refractivity contribution in [1.29, 1.82) is 0 Å². The van der Waals surface area contributed by atoms with E-state index in [4.69, 9.17) is 0 Å². The van der Waals surface area contributed by atoms with Crippen molar-refractivity contribution in [2.24, 2.45) is 7.05 Å². The Morgan fingerprint density at radius 3 is 2.82 bits per heavy atom. The molecule has 116 valence electrons. The first-order chi connectivity index (χ1) is 10.6. The van der Waals surface area contributed by atoms with E-state index in [0.29, 0.717) is 12.4 Å². The number of nitrogens with zero attached hydrogens (tertiary/aromatic N) is 6. The fraction of sp³-hybridized carbons (Fsp3) is 0.467. The third kappa shape index (κ3) is 2.99. The number of tetrazole rings is 1. The molecule has 1 fully saturated rings. The molecule has 0 radical (unpaired) electrons. The highest BCUT2D eigenvalue weighted by atomic mass is 16.2. The number of anilines is 1. The Morgan fingerprint density at radius 2 is 2.14 bits per heavy atom. The fourth-order valence-corrected chi connectivity index (χ4v) is 2.87. The van der Waals surface area contributed by atoms with Crippen molar-refractivity contribution in [3.8, 4) is 0 Å². The highest BCUT2D eigenvalue weighted by molar-refractivity contribution is 5.96. The lowest BCUT2D eigenvalue weighted by molar-refractivity contribution is -0.122. The average Bonchev–Trinajstić information content (AvgIpc) is 3.16. The number of likely N-dealkylation sites (N-methyl/N-ethyl adjacent to an activating group) is 1. The Bertz CT molecular complexity index is 640. The molecular weight excluding hydrogens is 280 g/mol. The summed E-state index contributed by atoms with van der Waals surface area (Å²) in [5.41, 5.74) is 0.914. The zero-order valence-electron chi connectivity index (χ0n) is 12.9. The Kier molecular flexibility index (Phi) is 4.15. The van der Waals surface area contributed by atoms with Crippen LogP contribution in [0.4, 0.5) is 5.69 Å². The lowest BCUT2D eigenvalue weighted by Gasteiger charge is -2.27. The molecule has 1 atom stereocenters. The lowest BCUT2D eigenvalue weighted by Crippen LogP contribution is -2.44. The first kappa shape index (κ1) is 14.6. The smallest absolute Gasteiger partial charge is 0.244 e. The number of aromatic nitrogens is 4. The number of aryl methyl sites for hydroxylation is 1. The maximum absolute atomic E-state index is 12.8. The monoisotopic (exact) mass is 300 g/mol. The number of amides is 1. The van der Waals surface area contributed by atoms with Gasteiger partial charge in [-0.15, -0.1) is 10.2 Å². The molecule has 0 aliphatic carbocycles. The highest BCUT2D eigenvalue weighted by Gasteiger charge is 2.33. The van der Waals surface area contributed by atoms with Crippen LogP contribution in [0.1, 0.15) is 18.7 Å². The topological polar surface area (TPSA) is 67.2 Å². The van der Waals surface area contributed by atoms with Crippen LogP contribution in [-0.4, -0.2) is 50.6 Å². The average molecular weight is 300 g/mol. The molecule has 0 saturated carbocycles. The van der Waals surface area contributed by atoms with Crippen LogP contribution < -0.4 is 4.90 Å². The molecular formula is C15H20N6O. The molecule has 3 rings (SSSR count). The number of hydrogen-bond donors (Lipinski definition) is 0. The molecule has 2 heterocycles. The van der Waals surface area contributed by atoms with Crippen LogP contribution in [0.5, 0.6) is 0 Å². The first-order valence-corrected chi connectivity index (χ1v) is 7.44. The second-order valence-corrected chi connectivity index (χ2v) is 5.56. The molecule has 0 bridgehead atoms. The zero-order valence-corrected chi connectivity index (χ0v) is 12.9. The Morgan fingerprint density at radius 1 is 1.36 bits per heavy atom. The number of carbonyl (C=O) groups is 1. The molecule has 1 aromatic heterocycles. The van der Waals surface area contributed by atoms with Gasteiger partial charge in [0.25, 0.3) is 0 Å². The predicted molar refractivity (Wildman–Crippen MR) is 82.1 cm³/mol. The lowest BCUT2D eigenvalue weighted by atomic mass is 10.2. The van der Waals surface area contributed by atoms with E-state index in [2.05, 4.69) is 20.3 Å². The van der Waals surface area contributed by atoms with Gasteiger partial charge in [-0.25, -0.2) is 0 Å². The highest BCUT2D eigenvalue weighted by Crippen LogP contribution is 2.23. The van der Waals surface area contributed by atoms with Crippen LogP contribution in [-0.2, 0) is 18.4 Å². The number of likely N-dealkylation sites (tertiary alicyclic amines) is 1. The summed E-state index contributed by atoms with van der Waals surface area (Å²) >= 11 is 0. The van der Waals surface area contributed by atoms with Gasteiger partial charge in [-0.05, 0) is 36.7 Å². The van der Waals surface area contributed by atoms with Crippen molar-refractivity contribution in [3.63, 3.8) is 0 Å². The zero-order chi connectivity index (χ0) is 15.5. The van der Waals surface area contributed by atoms with Gasteiger partial charge in [0.1, 0.15) is 0 Å². The maximum atomic E-state index is 12.8. The van der Waals surface area contributed by atoms with Gasteiger partial charge in [-0.1, -0.05) is 18.2 Å². The van der Waals surface area contributed by atoms with Crippen molar-refractivity contribution in [1.82, 2.24) is 25.1 Å². The molecule has 0 unspecified atom stereocenters. The molecule has 1 saturated heterocycles. The Hall–Kier alpha value is -2.28. The summed E-state index contributed by atoms with van der Waals surface area (Å²) in [5, 5.41) is 12.1. The number of rotatable bonds is 4. The third-order valence-electron chi connectivity index (χ3n) is 4.02. The molecule has 1 aliphatic rings. The summed E-state index contributed by atoms with van der Waals surface area (Å²) in [6.07, 6.45) is 1.88. The molecule has 1 aromatic carbocycles. The van der Waals surface area contributed by atoms with Crippen molar-refractivity contribution < 1.29 is 4.79 Å². The van der Waals surface area contributed by atoms with E-state index in [9.17, 15) is 4.79 Å². The number of carbonyl (C=O) groups excluding carboxylic acids is 1. The quantitative estimate of drug-likeness (QED) is 0.837. The summed E-state index contributed by atoms with van der Waals surface area (Å²) in [4.78, 5) is 18.1. The summed E-state index contributed by atoms with van der Waals surface area (Å²) in [7, 11) is 3.57. The molecule has 1 amide bonds. The van der Waals surface area contributed by atoms with Crippen LogP contribution in [0.15, 0.2) is 30.3 Å². The predicted octanol–water partition coefficient (Wildman–Crippen LogP) is 0.837. The first-order valence-electron chi connectivity index (χ1n) is 7.44. The van der Waals surface area contributed by atoms with Crippen molar-refractivity contribution >= 4 is 11.6 Å². The number of hydrogen-bond acceptors (Lipinski definition) is 5. The van der Waals surface area contributed by atoms with Crippen molar-refractivity contribution in [2.45, 2.75) is 25.4 Å². The van der Waals surface area contributed by atoms with E-state index in [1.807, 2.05) is 37.4 Å². The standard InChI is InChI=1S/C15H20N6O/c1-19(12-7-4-3-5-8-12)15(22)13-9-6-10-21(13)11-14-16-18-20(2)17-14/h3-5,7-8,13H,6,9-11H2,1-2H3/t13-/m0/s1. The minimum absolute atomic E-state index is 0.117. The van der Waals surface area contributed by atoms with Gasteiger partial charge in [-0.2, -0.15) is 4.80 Å². The van der Waals surface area contributed by atoms with Crippen LogP contribution in [0.2, 0.25) is 0 Å². The summed E-state index contributed by atoms with van der Waals surface area (Å²) < 4.78 is 0. The maximum Gasteiger partial charge on any atom is 0.244 e. The Labute approximate surface area is 129 Å². The van der Waals surface area contributed by atoms with E-state index in [-0.39, 0.29) is 11.9 Å². The summed E-state index contributed by atoms with van der Waals surface area (Å²) in [5.74, 6) is 0.775. The van der Waals surface area contributed by atoms with E-state index in [1.54, 1.807) is 11.9 Å². The third-order valence-corrected chi connectivity index (χ3v) is 4.02. The van der Waals surface area contributed by atoms with Crippen LogP contribution in [0.3, 0.4) is 0 Å². The van der Waals surface area contributed by atoms with Crippen LogP contribution in [0, 0.1) is 0 Å². The molecule has 0 spiro atoms. The second kappa shape index (κ2) is 6.23. The molecule has 0 N–H and O–H groups in total. The van der Waals surface area contributed by atoms with Gasteiger partial charge in [0, 0.05) is 12.7 Å². The molecule has 22 heavy (non-hydrogen) atoms. The molecule has 7 heteroatoms. The van der Waals surface area contributed by atoms with Gasteiger partial charge < -0.3 is 4.90 Å². The van der Waals surface area contributed by atoms with E-state index in [0.717, 1.165) is 25.1 Å². The summed E-state index contributed by atoms with van der Waals surface area (Å²) in [6, 6.07) is 9.60. The van der Waals surface area contributed by atoms with E-state index in [1.165, 1.54) is 4.80 Å². The molecule has 2 aromatic rings. The van der Waals surface area contributed by atoms with Gasteiger partial charge in [0.2, 0.25) is 5.91 Å². The van der Waals surface area contributed by atoms with Crippen molar-refractivity contribution in [2.75, 3.05) is 18.5 Å². The minimum atomic E-state index is -0.117. The second-order valence-electron chi connectivity index (χ2n) is 5.56. The minimum Gasteiger partial charge on any atom is -0.314 e. The van der Waals surface area contributed by atoms with Crippen LogP contribution in [0.25, 0.3) is 0 Å². The van der Waals surface area contributed by atoms with E-state index < -0.39 is 0 Å². The van der Waals surface area contributed by atoms with E-state index >= 15 is 0 Å². The van der Waals surface area contributed by atoms with Crippen LogP contribution >= 0.6 is 0 Å². The number of para-hydroxylation sites is 1. The number of benzene rings is 1. The largest absolute Gasteiger partial charge is 0.314 e. The van der Waals surface area contributed by atoms with Crippen molar-refractivity contribution in [3.05, 3.63) is 36.2 Å². The van der Waals surface area contributed by atoms with Gasteiger partial charge in [0.15, 0.2) is 5.82 Å². The van der Waals surface area contributed by atoms with Gasteiger partial charge in [-0.3, -0.25) is 9.69 Å². The Balaban J connectivity index is 1.71. The van der Waals surface area contributed by atoms with Gasteiger partial charge >= 0.3 is 0 Å². The normalized spacial score (nSPS) is 18.5. The fourth-order valence-electron chi connectivity index (χ4n) is 2.87.